The number of imidazole rings is 1. The summed E-state index contributed by atoms with van der Waals surface area (Å²) < 4.78 is 20.5. The van der Waals surface area contributed by atoms with Crippen LogP contribution in [-0.2, 0) is 6.54 Å². The first-order valence-corrected chi connectivity index (χ1v) is 6.86. The van der Waals surface area contributed by atoms with Crippen LogP contribution in [0.5, 0.6) is 5.75 Å². The highest BCUT2D eigenvalue weighted by Gasteiger charge is 2.14. The molecule has 0 atom stereocenters. The third-order valence-corrected chi connectivity index (χ3v) is 4.12. The second kappa shape index (κ2) is 4.75. The van der Waals surface area contributed by atoms with Crippen LogP contribution in [0.4, 0.5) is 10.3 Å². The standard InChI is InChI=1S/C13H13FN4OS/c1-7-12(20-6-16-7)5-18-10-4-11(19-2)8(14)3-9(10)17-13(18)15/h3-4,6H,5H2,1-2H3,(H2,15,17). The third kappa shape index (κ3) is 2.00. The van der Waals surface area contributed by atoms with Crippen molar-refractivity contribution in [3.63, 3.8) is 0 Å². The number of ether oxygens (including phenoxy) is 1. The topological polar surface area (TPSA) is 66.0 Å². The average molecular weight is 292 g/mol. The number of benzene rings is 1. The molecule has 20 heavy (non-hydrogen) atoms. The summed E-state index contributed by atoms with van der Waals surface area (Å²) in [6.45, 7) is 2.51. The lowest BCUT2D eigenvalue weighted by molar-refractivity contribution is 0.387. The van der Waals surface area contributed by atoms with Crippen LogP contribution < -0.4 is 10.5 Å². The van der Waals surface area contributed by atoms with Gasteiger partial charge in [-0.3, -0.25) is 0 Å². The zero-order chi connectivity index (χ0) is 14.3. The second-order valence-electron chi connectivity index (χ2n) is 4.39. The van der Waals surface area contributed by atoms with E-state index in [1.165, 1.54) is 13.2 Å². The Bertz CT molecular complexity index is 780. The molecule has 0 aliphatic carbocycles. The largest absolute Gasteiger partial charge is 0.494 e. The van der Waals surface area contributed by atoms with Crippen molar-refractivity contribution >= 4 is 28.3 Å². The summed E-state index contributed by atoms with van der Waals surface area (Å²) in [4.78, 5) is 9.50. The molecule has 0 bridgehead atoms. The first-order valence-electron chi connectivity index (χ1n) is 5.98. The number of halogens is 1. The zero-order valence-electron chi connectivity index (χ0n) is 11.1. The molecule has 2 aromatic heterocycles. The van der Waals surface area contributed by atoms with Crippen LogP contribution in [-0.4, -0.2) is 21.6 Å². The number of methoxy groups -OCH3 is 1. The Morgan fingerprint density at radius 2 is 2.25 bits per heavy atom. The first-order chi connectivity index (χ1) is 9.60. The molecule has 0 aliphatic heterocycles. The number of nitrogens with two attached hydrogens (primary N) is 1. The normalized spacial score (nSPS) is 11.2. The van der Waals surface area contributed by atoms with Gasteiger partial charge in [0.15, 0.2) is 11.6 Å². The van der Waals surface area contributed by atoms with Crippen molar-refractivity contribution in [1.29, 1.82) is 0 Å². The quantitative estimate of drug-likeness (QED) is 0.805. The Morgan fingerprint density at radius 1 is 1.45 bits per heavy atom. The summed E-state index contributed by atoms with van der Waals surface area (Å²) in [5, 5.41) is 0. The summed E-state index contributed by atoms with van der Waals surface area (Å²) in [6.07, 6.45) is 0. The predicted molar refractivity (Wildman–Crippen MR) is 76.6 cm³/mol. The summed E-state index contributed by atoms with van der Waals surface area (Å²) >= 11 is 1.56. The highest BCUT2D eigenvalue weighted by molar-refractivity contribution is 7.09. The Balaban J connectivity index is 2.14. The Morgan fingerprint density at radius 3 is 2.90 bits per heavy atom. The number of nitrogens with zero attached hydrogens (tertiary/aromatic N) is 3. The van der Waals surface area contributed by atoms with E-state index in [4.69, 9.17) is 10.5 Å². The fourth-order valence-corrected chi connectivity index (χ4v) is 2.85. The predicted octanol–water partition coefficient (Wildman–Crippen LogP) is 2.58. The molecule has 5 nitrogen and oxygen atoms in total. The van der Waals surface area contributed by atoms with Gasteiger partial charge in [0.05, 0.1) is 35.9 Å². The maximum absolute atomic E-state index is 13.7. The van der Waals surface area contributed by atoms with Gasteiger partial charge in [0, 0.05) is 17.0 Å². The van der Waals surface area contributed by atoms with Gasteiger partial charge in [-0.15, -0.1) is 11.3 Å². The van der Waals surface area contributed by atoms with E-state index in [9.17, 15) is 4.39 Å². The number of hydrogen-bond donors (Lipinski definition) is 1. The zero-order valence-corrected chi connectivity index (χ0v) is 11.9. The van der Waals surface area contributed by atoms with Gasteiger partial charge < -0.3 is 15.0 Å². The fraction of sp³-hybridized carbons (Fsp3) is 0.231. The molecule has 0 fully saturated rings. The van der Waals surface area contributed by atoms with E-state index in [2.05, 4.69) is 9.97 Å². The highest BCUT2D eigenvalue weighted by Crippen LogP contribution is 2.27. The van der Waals surface area contributed by atoms with Crippen molar-refractivity contribution in [1.82, 2.24) is 14.5 Å². The molecule has 0 unspecified atom stereocenters. The van der Waals surface area contributed by atoms with Gasteiger partial charge in [0.1, 0.15) is 0 Å². The molecule has 7 heteroatoms. The van der Waals surface area contributed by atoms with E-state index >= 15 is 0 Å². The maximum atomic E-state index is 13.7. The smallest absolute Gasteiger partial charge is 0.201 e. The molecule has 0 aliphatic rings. The lowest BCUT2D eigenvalue weighted by atomic mass is 10.2. The minimum atomic E-state index is -0.446. The summed E-state index contributed by atoms with van der Waals surface area (Å²) in [5.74, 6) is 0.0822. The van der Waals surface area contributed by atoms with Crippen LogP contribution in [0.2, 0.25) is 0 Å². The lowest BCUT2D eigenvalue weighted by Crippen LogP contribution is -2.04. The van der Waals surface area contributed by atoms with Crippen molar-refractivity contribution in [2.45, 2.75) is 13.5 Å². The molecule has 0 amide bonds. The SMILES string of the molecule is COc1cc2c(cc1F)nc(N)n2Cc1scnc1C. The van der Waals surface area contributed by atoms with E-state index in [1.807, 2.05) is 11.5 Å². The Kier molecular flexibility index (Phi) is 3.06. The number of aromatic nitrogens is 3. The van der Waals surface area contributed by atoms with Gasteiger partial charge in [-0.25, -0.2) is 14.4 Å². The number of anilines is 1. The molecular weight excluding hydrogens is 279 g/mol. The second-order valence-corrected chi connectivity index (χ2v) is 5.33. The van der Waals surface area contributed by atoms with Gasteiger partial charge in [0.25, 0.3) is 0 Å². The van der Waals surface area contributed by atoms with Gasteiger partial charge in [0.2, 0.25) is 5.95 Å². The van der Waals surface area contributed by atoms with Crippen molar-refractivity contribution < 1.29 is 9.13 Å². The molecule has 3 rings (SSSR count). The first kappa shape index (κ1) is 12.9. The molecular formula is C13H13FN4OS. The summed E-state index contributed by atoms with van der Waals surface area (Å²) in [5.41, 5.74) is 9.95. The number of aryl methyl sites for hydroxylation is 1. The van der Waals surface area contributed by atoms with Crippen LogP contribution in [0.15, 0.2) is 17.6 Å². The molecule has 0 radical (unpaired) electrons. The lowest BCUT2D eigenvalue weighted by Gasteiger charge is -2.07. The molecule has 104 valence electrons. The van der Waals surface area contributed by atoms with Gasteiger partial charge in [-0.1, -0.05) is 0 Å². The van der Waals surface area contributed by atoms with Crippen molar-refractivity contribution in [2.24, 2.45) is 0 Å². The van der Waals surface area contributed by atoms with Crippen molar-refractivity contribution in [2.75, 3.05) is 12.8 Å². The van der Waals surface area contributed by atoms with E-state index in [1.54, 1.807) is 22.9 Å². The van der Waals surface area contributed by atoms with Gasteiger partial charge >= 0.3 is 0 Å². The molecule has 0 spiro atoms. The highest BCUT2D eigenvalue weighted by atomic mass is 32.1. The van der Waals surface area contributed by atoms with E-state index < -0.39 is 5.82 Å². The fourth-order valence-electron chi connectivity index (χ4n) is 2.09. The average Bonchev–Trinajstić information content (AvgIpc) is 2.94. The van der Waals surface area contributed by atoms with Crippen LogP contribution in [0, 0.1) is 12.7 Å². The molecule has 3 aromatic rings. The minimum Gasteiger partial charge on any atom is -0.494 e. The Labute approximate surface area is 118 Å². The van der Waals surface area contributed by atoms with E-state index in [-0.39, 0.29) is 5.75 Å². The molecule has 2 N–H and O–H groups in total. The van der Waals surface area contributed by atoms with Gasteiger partial charge in [-0.05, 0) is 6.92 Å². The molecule has 2 heterocycles. The maximum Gasteiger partial charge on any atom is 0.201 e. The number of nitrogen functional groups attached to an aromatic ring is 1. The Hall–Kier alpha value is -2.15. The number of rotatable bonds is 3. The third-order valence-electron chi connectivity index (χ3n) is 3.20. The molecule has 0 saturated carbocycles. The van der Waals surface area contributed by atoms with Crippen LogP contribution in [0.25, 0.3) is 11.0 Å². The number of fused-ring (bicyclic) bond motifs is 1. The minimum absolute atomic E-state index is 0.180. The monoisotopic (exact) mass is 292 g/mol. The van der Waals surface area contributed by atoms with E-state index in [0.29, 0.717) is 18.0 Å². The van der Waals surface area contributed by atoms with Crippen molar-refractivity contribution in [3.8, 4) is 5.75 Å². The van der Waals surface area contributed by atoms with Crippen LogP contribution in [0.1, 0.15) is 10.6 Å². The molecule has 0 saturated heterocycles. The van der Waals surface area contributed by atoms with Gasteiger partial charge in [-0.2, -0.15) is 0 Å². The summed E-state index contributed by atoms with van der Waals surface area (Å²) in [6, 6.07) is 2.95. The van der Waals surface area contributed by atoms with Crippen LogP contribution in [0.3, 0.4) is 0 Å². The van der Waals surface area contributed by atoms with Crippen molar-refractivity contribution in [3.05, 3.63) is 34.0 Å². The number of hydrogen-bond acceptors (Lipinski definition) is 5. The van der Waals surface area contributed by atoms with E-state index in [0.717, 1.165) is 16.1 Å². The molecule has 1 aromatic carbocycles. The van der Waals surface area contributed by atoms with Crippen LogP contribution >= 0.6 is 11.3 Å². The number of thiazole rings is 1. The summed E-state index contributed by atoms with van der Waals surface area (Å²) in [7, 11) is 1.43.